The van der Waals surface area contributed by atoms with Gasteiger partial charge in [0.05, 0.1) is 18.8 Å². The van der Waals surface area contributed by atoms with E-state index in [9.17, 15) is 4.79 Å². The second kappa shape index (κ2) is 7.71. The molecule has 0 aliphatic carbocycles. The molecular formula is C14H21NO3. The molecule has 4 heteroatoms. The zero-order valence-electron chi connectivity index (χ0n) is 11.2. The van der Waals surface area contributed by atoms with Crippen molar-refractivity contribution in [3.63, 3.8) is 0 Å². The van der Waals surface area contributed by atoms with E-state index in [1.54, 1.807) is 26.2 Å². The number of hydrogen-bond donors (Lipinski definition) is 1. The maximum absolute atomic E-state index is 11.5. The molecule has 1 rings (SSSR count). The van der Waals surface area contributed by atoms with Gasteiger partial charge >= 0.3 is 5.97 Å². The van der Waals surface area contributed by atoms with Crippen molar-refractivity contribution in [2.45, 2.75) is 26.3 Å². The smallest absolute Gasteiger partial charge is 0.338 e. The summed E-state index contributed by atoms with van der Waals surface area (Å²) in [5, 5.41) is 3.35. The molecule has 0 fully saturated rings. The first kappa shape index (κ1) is 14.5. The first-order valence-corrected chi connectivity index (χ1v) is 6.23. The minimum absolute atomic E-state index is 0.281. The molecule has 0 aromatic heterocycles. The molecule has 1 N–H and O–H groups in total. The molecule has 0 saturated heterocycles. The molecular weight excluding hydrogens is 230 g/mol. The zero-order chi connectivity index (χ0) is 13.4. The van der Waals surface area contributed by atoms with Gasteiger partial charge in [-0.25, -0.2) is 4.79 Å². The molecule has 0 bridgehead atoms. The number of ether oxygens (including phenoxy) is 2. The van der Waals surface area contributed by atoms with Crippen molar-refractivity contribution in [3.8, 4) is 0 Å². The largest absolute Gasteiger partial charge is 0.462 e. The molecule has 0 saturated carbocycles. The van der Waals surface area contributed by atoms with Gasteiger partial charge in [0.25, 0.3) is 0 Å². The standard InChI is InChI=1S/C14H21NO3/c1-4-12(10-17-3)15-13-8-6-11(7-9-13)14(16)18-5-2/h6-9,12,15H,4-5,10H2,1-3H3. The van der Waals surface area contributed by atoms with Gasteiger partial charge in [-0.3, -0.25) is 0 Å². The Morgan fingerprint density at radius 2 is 1.94 bits per heavy atom. The highest BCUT2D eigenvalue weighted by Gasteiger charge is 2.08. The van der Waals surface area contributed by atoms with Crippen molar-refractivity contribution in [2.24, 2.45) is 0 Å². The summed E-state index contributed by atoms with van der Waals surface area (Å²) in [5.41, 5.74) is 1.55. The fourth-order valence-electron chi connectivity index (χ4n) is 1.62. The summed E-state index contributed by atoms with van der Waals surface area (Å²) < 4.78 is 10.1. The van der Waals surface area contributed by atoms with Gasteiger partial charge in [-0.05, 0) is 37.6 Å². The molecule has 0 heterocycles. The predicted molar refractivity (Wildman–Crippen MR) is 72.0 cm³/mol. The van der Waals surface area contributed by atoms with Crippen LogP contribution in [0.15, 0.2) is 24.3 Å². The van der Waals surface area contributed by atoms with E-state index in [1.807, 2.05) is 12.1 Å². The van der Waals surface area contributed by atoms with Crippen molar-refractivity contribution < 1.29 is 14.3 Å². The quantitative estimate of drug-likeness (QED) is 0.757. The van der Waals surface area contributed by atoms with Crippen LogP contribution < -0.4 is 5.32 Å². The molecule has 100 valence electrons. The Morgan fingerprint density at radius 3 is 2.44 bits per heavy atom. The fourth-order valence-corrected chi connectivity index (χ4v) is 1.62. The number of anilines is 1. The van der Waals surface area contributed by atoms with E-state index >= 15 is 0 Å². The van der Waals surface area contributed by atoms with Crippen molar-refractivity contribution >= 4 is 11.7 Å². The van der Waals surface area contributed by atoms with E-state index in [0.717, 1.165) is 12.1 Å². The third-order valence-corrected chi connectivity index (χ3v) is 2.63. The highest BCUT2D eigenvalue weighted by atomic mass is 16.5. The fraction of sp³-hybridized carbons (Fsp3) is 0.500. The molecule has 1 atom stereocenters. The predicted octanol–water partition coefficient (Wildman–Crippen LogP) is 2.70. The maximum Gasteiger partial charge on any atom is 0.338 e. The Morgan fingerprint density at radius 1 is 1.28 bits per heavy atom. The normalized spacial score (nSPS) is 11.9. The van der Waals surface area contributed by atoms with Crippen LogP contribution >= 0.6 is 0 Å². The van der Waals surface area contributed by atoms with Crippen LogP contribution in [0.2, 0.25) is 0 Å². The molecule has 18 heavy (non-hydrogen) atoms. The highest BCUT2D eigenvalue weighted by Crippen LogP contribution is 2.12. The lowest BCUT2D eigenvalue weighted by Crippen LogP contribution is -2.23. The Hall–Kier alpha value is -1.55. The van der Waals surface area contributed by atoms with E-state index in [0.29, 0.717) is 18.8 Å². The van der Waals surface area contributed by atoms with Crippen LogP contribution in [0.5, 0.6) is 0 Å². The summed E-state index contributed by atoms with van der Waals surface area (Å²) in [6, 6.07) is 7.57. The second-order valence-electron chi connectivity index (χ2n) is 4.00. The Bertz CT molecular complexity index is 362. The first-order valence-electron chi connectivity index (χ1n) is 6.23. The summed E-state index contributed by atoms with van der Waals surface area (Å²) in [6.07, 6.45) is 0.980. The van der Waals surface area contributed by atoms with E-state index in [1.165, 1.54) is 0 Å². The van der Waals surface area contributed by atoms with Gasteiger partial charge in [0.15, 0.2) is 0 Å². The van der Waals surface area contributed by atoms with Crippen LogP contribution in [-0.4, -0.2) is 32.3 Å². The number of benzene rings is 1. The summed E-state index contributed by atoms with van der Waals surface area (Å²) in [6.45, 7) is 4.95. The highest BCUT2D eigenvalue weighted by molar-refractivity contribution is 5.89. The summed E-state index contributed by atoms with van der Waals surface area (Å²) >= 11 is 0. The van der Waals surface area contributed by atoms with Gasteiger partial charge in [0.1, 0.15) is 0 Å². The number of carbonyl (C=O) groups excluding carboxylic acids is 1. The van der Waals surface area contributed by atoms with Gasteiger partial charge in [0, 0.05) is 18.8 Å². The van der Waals surface area contributed by atoms with Crippen molar-refractivity contribution in [2.75, 3.05) is 25.6 Å². The third kappa shape index (κ3) is 4.37. The lowest BCUT2D eigenvalue weighted by atomic mass is 10.2. The first-order chi connectivity index (χ1) is 8.71. The topological polar surface area (TPSA) is 47.6 Å². The van der Waals surface area contributed by atoms with Crippen LogP contribution in [0, 0.1) is 0 Å². The zero-order valence-corrected chi connectivity index (χ0v) is 11.2. The van der Waals surface area contributed by atoms with E-state index in [2.05, 4.69) is 12.2 Å². The molecule has 4 nitrogen and oxygen atoms in total. The van der Waals surface area contributed by atoms with Crippen molar-refractivity contribution in [1.82, 2.24) is 0 Å². The van der Waals surface area contributed by atoms with Gasteiger partial charge < -0.3 is 14.8 Å². The molecule has 1 unspecified atom stereocenters. The minimum atomic E-state index is -0.284. The Balaban J connectivity index is 2.62. The average molecular weight is 251 g/mol. The summed E-state index contributed by atoms with van der Waals surface area (Å²) in [7, 11) is 1.69. The second-order valence-corrected chi connectivity index (χ2v) is 4.00. The lowest BCUT2D eigenvalue weighted by molar-refractivity contribution is 0.0526. The van der Waals surface area contributed by atoms with Crippen LogP contribution in [0.25, 0.3) is 0 Å². The number of carbonyl (C=O) groups is 1. The van der Waals surface area contributed by atoms with E-state index in [4.69, 9.17) is 9.47 Å². The third-order valence-electron chi connectivity index (χ3n) is 2.63. The van der Waals surface area contributed by atoms with Gasteiger partial charge in [-0.2, -0.15) is 0 Å². The summed E-state index contributed by atoms with van der Waals surface area (Å²) in [5.74, 6) is -0.284. The average Bonchev–Trinajstić information content (AvgIpc) is 2.39. The molecule has 1 aromatic rings. The number of hydrogen-bond acceptors (Lipinski definition) is 4. The SMILES string of the molecule is CCOC(=O)c1ccc(NC(CC)COC)cc1. The molecule has 1 aromatic carbocycles. The van der Waals surface area contributed by atoms with E-state index in [-0.39, 0.29) is 12.0 Å². The van der Waals surface area contributed by atoms with Gasteiger partial charge in [-0.1, -0.05) is 6.92 Å². The van der Waals surface area contributed by atoms with Crippen LogP contribution in [-0.2, 0) is 9.47 Å². The monoisotopic (exact) mass is 251 g/mol. The molecule has 0 amide bonds. The molecule has 0 aliphatic heterocycles. The number of esters is 1. The van der Waals surface area contributed by atoms with Crippen LogP contribution in [0.3, 0.4) is 0 Å². The lowest BCUT2D eigenvalue weighted by Gasteiger charge is -2.17. The summed E-state index contributed by atoms with van der Waals surface area (Å²) in [4.78, 5) is 11.5. The molecule has 0 aliphatic rings. The van der Waals surface area contributed by atoms with Gasteiger partial charge in [-0.15, -0.1) is 0 Å². The maximum atomic E-state index is 11.5. The Labute approximate surface area is 108 Å². The number of rotatable bonds is 7. The van der Waals surface area contributed by atoms with Gasteiger partial charge in [0.2, 0.25) is 0 Å². The van der Waals surface area contributed by atoms with Crippen LogP contribution in [0.1, 0.15) is 30.6 Å². The number of methoxy groups -OCH3 is 1. The Kier molecular flexibility index (Phi) is 6.22. The number of nitrogens with one attached hydrogen (secondary N) is 1. The molecule has 0 spiro atoms. The minimum Gasteiger partial charge on any atom is -0.462 e. The van der Waals surface area contributed by atoms with Crippen molar-refractivity contribution in [1.29, 1.82) is 0 Å². The molecule has 0 radical (unpaired) electrons. The van der Waals surface area contributed by atoms with E-state index < -0.39 is 0 Å². The van der Waals surface area contributed by atoms with Crippen molar-refractivity contribution in [3.05, 3.63) is 29.8 Å². The van der Waals surface area contributed by atoms with Crippen LogP contribution in [0.4, 0.5) is 5.69 Å².